The maximum absolute atomic E-state index is 3.71. The normalized spacial score (nSPS) is 24.9. The summed E-state index contributed by atoms with van der Waals surface area (Å²) in [6.07, 6.45) is 10.6. The van der Waals surface area contributed by atoms with Crippen LogP contribution in [0.5, 0.6) is 0 Å². The molecule has 0 bridgehead atoms. The standard InChI is InChI=1S/C15H29N/c1-12(2)10-16-11-15(14-8-5-9-14)13-6-3-4-7-13/h12-16H,3-11H2,1-2H3. The molecule has 0 aromatic rings. The van der Waals surface area contributed by atoms with Crippen molar-refractivity contribution < 1.29 is 0 Å². The second kappa shape index (κ2) is 6.05. The molecule has 1 N–H and O–H groups in total. The summed E-state index contributed by atoms with van der Waals surface area (Å²) in [5.41, 5.74) is 0. The minimum absolute atomic E-state index is 0.797. The van der Waals surface area contributed by atoms with Crippen LogP contribution in [0.3, 0.4) is 0 Å². The third-order valence-corrected chi connectivity index (χ3v) is 4.69. The van der Waals surface area contributed by atoms with Gasteiger partial charge in [0.1, 0.15) is 0 Å². The zero-order chi connectivity index (χ0) is 11.4. The zero-order valence-electron chi connectivity index (χ0n) is 11.2. The molecule has 2 aliphatic carbocycles. The molecule has 2 aliphatic rings. The van der Waals surface area contributed by atoms with Crippen molar-refractivity contribution in [3.63, 3.8) is 0 Å². The van der Waals surface area contributed by atoms with Crippen LogP contribution in [-0.4, -0.2) is 13.1 Å². The topological polar surface area (TPSA) is 12.0 Å². The lowest BCUT2D eigenvalue weighted by atomic mass is 9.70. The summed E-state index contributed by atoms with van der Waals surface area (Å²) in [6.45, 7) is 7.12. The van der Waals surface area contributed by atoms with Gasteiger partial charge in [-0.2, -0.15) is 0 Å². The van der Waals surface area contributed by atoms with Gasteiger partial charge in [-0.15, -0.1) is 0 Å². The molecule has 0 amide bonds. The Morgan fingerprint density at radius 3 is 1.88 bits per heavy atom. The van der Waals surface area contributed by atoms with Gasteiger partial charge in [-0.1, -0.05) is 58.8 Å². The molecule has 2 rings (SSSR count). The summed E-state index contributed by atoms with van der Waals surface area (Å²) in [5.74, 6) is 3.94. The van der Waals surface area contributed by atoms with E-state index in [2.05, 4.69) is 19.2 Å². The second-order valence-corrected chi connectivity index (χ2v) is 6.45. The van der Waals surface area contributed by atoms with E-state index < -0.39 is 0 Å². The van der Waals surface area contributed by atoms with E-state index in [4.69, 9.17) is 0 Å². The fourth-order valence-corrected chi connectivity index (χ4v) is 3.51. The zero-order valence-corrected chi connectivity index (χ0v) is 11.2. The molecule has 16 heavy (non-hydrogen) atoms. The molecule has 1 heteroatoms. The molecule has 1 nitrogen and oxygen atoms in total. The van der Waals surface area contributed by atoms with Crippen LogP contribution in [0.4, 0.5) is 0 Å². The first kappa shape index (κ1) is 12.4. The Morgan fingerprint density at radius 2 is 1.44 bits per heavy atom. The maximum Gasteiger partial charge on any atom is -0.00151 e. The van der Waals surface area contributed by atoms with Gasteiger partial charge in [-0.05, 0) is 36.8 Å². The monoisotopic (exact) mass is 223 g/mol. The molecule has 0 heterocycles. The minimum Gasteiger partial charge on any atom is -0.316 e. The summed E-state index contributed by atoms with van der Waals surface area (Å²) < 4.78 is 0. The molecule has 1 atom stereocenters. The van der Waals surface area contributed by atoms with E-state index in [1.54, 1.807) is 0 Å². The van der Waals surface area contributed by atoms with E-state index in [0.29, 0.717) is 0 Å². The highest BCUT2D eigenvalue weighted by Gasteiger charge is 2.34. The molecule has 0 aromatic carbocycles. The van der Waals surface area contributed by atoms with E-state index in [-0.39, 0.29) is 0 Å². The highest BCUT2D eigenvalue weighted by atomic mass is 14.9. The molecule has 2 saturated carbocycles. The van der Waals surface area contributed by atoms with Crippen molar-refractivity contribution in [3.8, 4) is 0 Å². The van der Waals surface area contributed by atoms with Crippen LogP contribution in [0.15, 0.2) is 0 Å². The molecule has 0 aromatic heterocycles. The van der Waals surface area contributed by atoms with Crippen molar-refractivity contribution in [2.24, 2.45) is 23.7 Å². The van der Waals surface area contributed by atoms with Gasteiger partial charge < -0.3 is 5.32 Å². The quantitative estimate of drug-likeness (QED) is 0.721. The Morgan fingerprint density at radius 1 is 0.875 bits per heavy atom. The first-order chi connectivity index (χ1) is 7.77. The van der Waals surface area contributed by atoms with Crippen LogP contribution in [-0.2, 0) is 0 Å². The average molecular weight is 223 g/mol. The highest BCUT2D eigenvalue weighted by molar-refractivity contribution is 4.86. The summed E-state index contributed by atoms with van der Waals surface area (Å²) >= 11 is 0. The third kappa shape index (κ3) is 3.23. The van der Waals surface area contributed by atoms with Crippen molar-refractivity contribution in [2.75, 3.05) is 13.1 Å². The van der Waals surface area contributed by atoms with Crippen LogP contribution in [0.25, 0.3) is 0 Å². The van der Waals surface area contributed by atoms with Crippen LogP contribution in [0, 0.1) is 23.7 Å². The molecular formula is C15H29N. The Hall–Kier alpha value is -0.0400. The SMILES string of the molecule is CC(C)CNCC(C1CCCC1)C1CCC1. The van der Waals surface area contributed by atoms with E-state index in [9.17, 15) is 0 Å². The Kier molecular flexibility index (Phi) is 4.69. The van der Waals surface area contributed by atoms with Gasteiger partial charge in [-0.25, -0.2) is 0 Å². The Bertz CT molecular complexity index is 190. The summed E-state index contributed by atoms with van der Waals surface area (Å²) in [6, 6.07) is 0. The van der Waals surface area contributed by atoms with Crippen LogP contribution in [0.1, 0.15) is 58.8 Å². The molecule has 0 radical (unpaired) electrons. The van der Waals surface area contributed by atoms with Crippen molar-refractivity contribution >= 4 is 0 Å². The molecule has 0 spiro atoms. The van der Waals surface area contributed by atoms with E-state index in [0.717, 1.165) is 23.7 Å². The molecule has 94 valence electrons. The summed E-state index contributed by atoms with van der Waals surface area (Å²) in [7, 11) is 0. The number of hydrogen-bond acceptors (Lipinski definition) is 1. The van der Waals surface area contributed by atoms with E-state index >= 15 is 0 Å². The molecule has 1 unspecified atom stereocenters. The second-order valence-electron chi connectivity index (χ2n) is 6.45. The first-order valence-corrected chi connectivity index (χ1v) is 7.48. The molecule has 2 fully saturated rings. The fourth-order valence-electron chi connectivity index (χ4n) is 3.51. The predicted octanol–water partition coefficient (Wildman–Crippen LogP) is 3.84. The van der Waals surface area contributed by atoms with Gasteiger partial charge in [0.15, 0.2) is 0 Å². The van der Waals surface area contributed by atoms with Crippen LogP contribution in [0.2, 0.25) is 0 Å². The number of rotatable bonds is 6. The predicted molar refractivity (Wildman–Crippen MR) is 70.5 cm³/mol. The lowest BCUT2D eigenvalue weighted by Gasteiger charge is -2.38. The lowest BCUT2D eigenvalue weighted by Crippen LogP contribution is -2.37. The average Bonchev–Trinajstić information content (AvgIpc) is 2.65. The van der Waals surface area contributed by atoms with E-state index in [1.807, 2.05) is 0 Å². The maximum atomic E-state index is 3.71. The molecular weight excluding hydrogens is 194 g/mol. The lowest BCUT2D eigenvalue weighted by molar-refractivity contribution is 0.141. The van der Waals surface area contributed by atoms with Crippen LogP contribution < -0.4 is 5.32 Å². The van der Waals surface area contributed by atoms with Gasteiger partial charge in [-0.3, -0.25) is 0 Å². The highest BCUT2D eigenvalue weighted by Crippen LogP contribution is 2.42. The number of hydrogen-bond donors (Lipinski definition) is 1. The minimum atomic E-state index is 0.797. The van der Waals surface area contributed by atoms with Gasteiger partial charge in [0.05, 0.1) is 0 Å². The third-order valence-electron chi connectivity index (χ3n) is 4.69. The van der Waals surface area contributed by atoms with Crippen molar-refractivity contribution in [1.29, 1.82) is 0 Å². The van der Waals surface area contributed by atoms with Crippen molar-refractivity contribution in [2.45, 2.75) is 58.8 Å². The summed E-state index contributed by atoms with van der Waals surface area (Å²) in [5, 5.41) is 3.71. The summed E-state index contributed by atoms with van der Waals surface area (Å²) in [4.78, 5) is 0. The van der Waals surface area contributed by atoms with Crippen molar-refractivity contribution in [1.82, 2.24) is 5.32 Å². The number of nitrogens with one attached hydrogen (secondary N) is 1. The first-order valence-electron chi connectivity index (χ1n) is 7.48. The molecule has 0 saturated heterocycles. The van der Waals surface area contributed by atoms with Crippen LogP contribution >= 0.6 is 0 Å². The van der Waals surface area contributed by atoms with Gasteiger partial charge in [0, 0.05) is 0 Å². The smallest absolute Gasteiger partial charge is 0.00151 e. The van der Waals surface area contributed by atoms with Crippen molar-refractivity contribution in [3.05, 3.63) is 0 Å². The molecule has 0 aliphatic heterocycles. The Labute approximate surface area is 101 Å². The Balaban J connectivity index is 1.77. The van der Waals surface area contributed by atoms with Gasteiger partial charge >= 0.3 is 0 Å². The fraction of sp³-hybridized carbons (Fsp3) is 1.00. The van der Waals surface area contributed by atoms with Gasteiger partial charge in [0.25, 0.3) is 0 Å². The van der Waals surface area contributed by atoms with E-state index in [1.165, 1.54) is 58.0 Å². The largest absolute Gasteiger partial charge is 0.316 e. The van der Waals surface area contributed by atoms with Gasteiger partial charge in [0.2, 0.25) is 0 Å².